The van der Waals surface area contributed by atoms with Gasteiger partial charge in [-0.1, -0.05) is 0 Å². The molecule has 58 valence electrons. The van der Waals surface area contributed by atoms with E-state index in [0.29, 0.717) is 0 Å². The fourth-order valence-electron chi connectivity index (χ4n) is 0.328. The first-order valence-electron chi connectivity index (χ1n) is 2.70. The van der Waals surface area contributed by atoms with Crippen LogP contribution < -0.4 is 34.7 Å². The van der Waals surface area contributed by atoms with Crippen LogP contribution >= 0.6 is 0 Å². The molecule has 0 aliphatic heterocycles. The number of hydrogen-bond acceptors (Lipinski definition) is 4. The fraction of sp³-hybridized carbons (Fsp3) is 0.600. The van der Waals surface area contributed by atoms with Crippen molar-refractivity contribution in [2.75, 3.05) is 0 Å². The van der Waals surface area contributed by atoms with Crippen molar-refractivity contribution in [3.8, 4) is 0 Å². The summed E-state index contributed by atoms with van der Waals surface area (Å²) >= 11 is 0. The summed E-state index contributed by atoms with van der Waals surface area (Å²) in [7, 11) is 0. The van der Waals surface area contributed by atoms with Crippen LogP contribution in [0, 0.1) is 0 Å². The van der Waals surface area contributed by atoms with Gasteiger partial charge in [-0.05, 0) is 13.8 Å². The van der Waals surface area contributed by atoms with Gasteiger partial charge in [-0.15, -0.1) is 0 Å². The molecule has 0 spiro atoms. The number of carbonyl (C=O) groups is 2. The van der Waals surface area contributed by atoms with Gasteiger partial charge in [0.25, 0.3) is 5.91 Å². The molecule has 0 atom stereocenters. The molecule has 1 amide bonds. The number of hydroxylamine groups is 2. The molecule has 0 aliphatic carbocycles. The molecular weight excluding hydrogens is 161 g/mol. The summed E-state index contributed by atoms with van der Waals surface area (Å²) < 4.78 is 0. The van der Waals surface area contributed by atoms with E-state index in [1.807, 2.05) is 0 Å². The quantitative estimate of drug-likeness (QED) is 0.185. The van der Waals surface area contributed by atoms with Crippen LogP contribution in [0.2, 0.25) is 0 Å². The molecular formula is C5H8NNaO4. The van der Waals surface area contributed by atoms with E-state index < -0.39 is 17.9 Å². The number of carboxylic acid groups (broad SMARTS) is 1. The first-order valence-corrected chi connectivity index (χ1v) is 2.70. The summed E-state index contributed by atoms with van der Waals surface area (Å²) in [5, 5.41) is 18.5. The molecule has 6 heteroatoms. The molecule has 0 aromatic heterocycles. The van der Waals surface area contributed by atoms with Crippen molar-refractivity contribution >= 4 is 11.9 Å². The van der Waals surface area contributed by atoms with E-state index in [4.69, 9.17) is 5.21 Å². The second kappa shape index (κ2) is 5.54. The van der Waals surface area contributed by atoms with E-state index in [0.717, 1.165) is 0 Å². The third kappa shape index (κ3) is 4.36. The Kier molecular flexibility index (Phi) is 6.79. The number of carboxylic acids is 1. The normalized spacial score (nSPS) is 8.73. The Labute approximate surface area is 86.2 Å². The second-order valence-corrected chi connectivity index (χ2v) is 2.03. The van der Waals surface area contributed by atoms with E-state index >= 15 is 0 Å². The van der Waals surface area contributed by atoms with Gasteiger partial charge in [-0.25, -0.2) is 5.06 Å². The SMILES string of the molecule is CC(C)N(O)C(=O)C(=O)[O-].[Na+]. The molecule has 0 aliphatic rings. The summed E-state index contributed by atoms with van der Waals surface area (Å²) in [4.78, 5) is 20.1. The number of rotatable bonds is 1. The van der Waals surface area contributed by atoms with Crippen LogP contribution in [0.5, 0.6) is 0 Å². The maximum atomic E-state index is 10.3. The summed E-state index contributed by atoms with van der Waals surface area (Å²) in [5.41, 5.74) is 0. The van der Waals surface area contributed by atoms with Gasteiger partial charge in [0.05, 0.1) is 6.04 Å². The second-order valence-electron chi connectivity index (χ2n) is 2.03. The Hall–Kier alpha value is -0.100. The molecule has 0 heterocycles. The summed E-state index contributed by atoms with van der Waals surface area (Å²) in [6, 6.07) is -0.551. The maximum absolute atomic E-state index is 10.3. The molecule has 0 aromatic rings. The van der Waals surface area contributed by atoms with Crippen molar-refractivity contribution in [2.24, 2.45) is 0 Å². The minimum Gasteiger partial charge on any atom is -0.540 e. The number of carbonyl (C=O) groups excluding carboxylic acids is 2. The van der Waals surface area contributed by atoms with Crippen molar-refractivity contribution in [2.45, 2.75) is 19.9 Å². The van der Waals surface area contributed by atoms with Crippen molar-refractivity contribution in [3.05, 3.63) is 0 Å². The van der Waals surface area contributed by atoms with Gasteiger partial charge in [-0.3, -0.25) is 10.0 Å². The summed E-state index contributed by atoms with van der Waals surface area (Å²) in [6.45, 7) is 2.95. The van der Waals surface area contributed by atoms with Gasteiger partial charge in [0.2, 0.25) is 0 Å². The minimum atomic E-state index is -1.91. The standard InChI is InChI=1S/C5H9NO4.Na/c1-3(2)6(10)4(7)5(8)9;/h3,10H,1-2H3,(H,8,9);/q;+1/p-1. The van der Waals surface area contributed by atoms with Gasteiger partial charge in [0, 0.05) is 0 Å². The van der Waals surface area contributed by atoms with E-state index in [9.17, 15) is 14.7 Å². The molecule has 0 unspecified atom stereocenters. The Balaban J connectivity index is 0. The summed E-state index contributed by atoms with van der Waals surface area (Å²) in [6.07, 6.45) is 0. The predicted molar refractivity (Wildman–Crippen MR) is 28.8 cm³/mol. The first-order chi connectivity index (χ1) is 4.46. The molecule has 11 heavy (non-hydrogen) atoms. The average Bonchev–Trinajstić information content (AvgIpc) is 1.84. The van der Waals surface area contributed by atoms with Gasteiger partial charge in [0.15, 0.2) is 0 Å². The van der Waals surface area contributed by atoms with Gasteiger partial charge >= 0.3 is 29.6 Å². The molecule has 0 radical (unpaired) electrons. The van der Waals surface area contributed by atoms with Gasteiger partial charge in [0.1, 0.15) is 5.97 Å². The third-order valence-electron chi connectivity index (χ3n) is 0.872. The molecule has 0 rings (SSSR count). The minimum absolute atomic E-state index is 0. The van der Waals surface area contributed by atoms with Gasteiger partial charge < -0.3 is 9.90 Å². The van der Waals surface area contributed by atoms with E-state index in [1.165, 1.54) is 13.8 Å². The van der Waals surface area contributed by atoms with E-state index in [1.54, 1.807) is 0 Å². The van der Waals surface area contributed by atoms with Crippen LogP contribution in [0.15, 0.2) is 0 Å². The molecule has 0 fully saturated rings. The zero-order chi connectivity index (χ0) is 8.31. The van der Waals surface area contributed by atoms with Crippen molar-refractivity contribution in [1.29, 1.82) is 0 Å². The van der Waals surface area contributed by atoms with Crippen LogP contribution in [0.25, 0.3) is 0 Å². The number of nitrogens with zero attached hydrogens (tertiary/aromatic N) is 1. The maximum Gasteiger partial charge on any atom is 1.00 e. The first kappa shape index (κ1) is 13.5. The van der Waals surface area contributed by atoms with Crippen molar-refractivity contribution in [1.82, 2.24) is 5.06 Å². The van der Waals surface area contributed by atoms with Gasteiger partial charge in [-0.2, -0.15) is 0 Å². The van der Waals surface area contributed by atoms with E-state index in [-0.39, 0.29) is 34.6 Å². The van der Waals surface area contributed by atoms with Crippen LogP contribution in [0.1, 0.15) is 13.8 Å². The Bertz CT molecular complexity index is 159. The topological polar surface area (TPSA) is 80.7 Å². The number of amides is 1. The fourth-order valence-corrected chi connectivity index (χ4v) is 0.328. The largest absolute Gasteiger partial charge is 1.00 e. The Morgan fingerprint density at radius 2 is 1.82 bits per heavy atom. The van der Waals surface area contributed by atoms with Crippen LogP contribution in [-0.2, 0) is 9.59 Å². The number of aliphatic carboxylic acids is 1. The van der Waals surface area contributed by atoms with Crippen molar-refractivity contribution < 1.29 is 49.5 Å². The van der Waals surface area contributed by atoms with E-state index in [2.05, 4.69) is 0 Å². The van der Waals surface area contributed by atoms with Crippen LogP contribution in [0.4, 0.5) is 0 Å². The summed E-state index contributed by atoms with van der Waals surface area (Å²) in [5.74, 6) is -3.33. The van der Waals surface area contributed by atoms with Crippen LogP contribution in [0.3, 0.4) is 0 Å². The molecule has 0 bridgehead atoms. The zero-order valence-electron chi connectivity index (χ0n) is 6.70. The molecule has 1 N–H and O–H groups in total. The van der Waals surface area contributed by atoms with Crippen LogP contribution in [-0.4, -0.2) is 28.2 Å². The Morgan fingerprint density at radius 3 is 1.91 bits per heavy atom. The molecule has 5 nitrogen and oxygen atoms in total. The Morgan fingerprint density at radius 1 is 1.45 bits per heavy atom. The average molecular weight is 169 g/mol. The molecule has 0 aromatic carbocycles. The number of hydrogen-bond donors (Lipinski definition) is 1. The molecule has 0 saturated heterocycles. The molecule has 0 saturated carbocycles. The third-order valence-corrected chi connectivity index (χ3v) is 0.872. The monoisotopic (exact) mass is 169 g/mol. The van der Waals surface area contributed by atoms with Crippen molar-refractivity contribution in [3.63, 3.8) is 0 Å². The predicted octanol–water partition coefficient (Wildman–Crippen LogP) is -4.63. The smallest absolute Gasteiger partial charge is 0.540 e. The zero-order valence-corrected chi connectivity index (χ0v) is 8.70.